The van der Waals surface area contributed by atoms with Crippen LogP contribution >= 0.6 is 12.4 Å². The van der Waals surface area contributed by atoms with Crippen molar-refractivity contribution >= 4 is 29.7 Å². The predicted octanol–water partition coefficient (Wildman–Crippen LogP) is 2.45. The van der Waals surface area contributed by atoms with Crippen LogP contribution in [-0.4, -0.2) is 26.2 Å². The third-order valence-electron chi connectivity index (χ3n) is 3.34. The van der Waals surface area contributed by atoms with Gasteiger partial charge in [0, 0.05) is 25.7 Å². The minimum Gasteiger partial charge on any atom is -0.497 e. The summed E-state index contributed by atoms with van der Waals surface area (Å²) in [7, 11) is 1.58. The van der Waals surface area contributed by atoms with Crippen molar-refractivity contribution in [2.24, 2.45) is 5.92 Å². The van der Waals surface area contributed by atoms with Crippen molar-refractivity contribution in [3.63, 3.8) is 0 Å². The summed E-state index contributed by atoms with van der Waals surface area (Å²) in [6, 6.07) is 5.21. The zero-order valence-electron chi connectivity index (χ0n) is 11.6. The van der Waals surface area contributed by atoms with Crippen molar-refractivity contribution in [3.8, 4) is 5.75 Å². The van der Waals surface area contributed by atoms with E-state index in [2.05, 4.69) is 5.32 Å². The quantitative estimate of drug-likeness (QED) is 0.819. The number of halogens is 1. The van der Waals surface area contributed by atoms with Gasteiger partial charge in [-0.1, -0.05) is 0 Å². The Morgan fingerprint density at radius 2 is 2.35 bits per heavy atom. The molecule has 1 aliphatic rings. The van der Waals surface area contributed by atoms with E-state index >= 15 is 0 Å². The van der Waals surface area contributed by atoms with Gasteiger partial charge in [0.05, 0.1) is 18.5 Å². The molecule has 0 aromatic heterocycles. The van der Waals surface area contributed by atoms with Crippen LogP contribution in [0.5, 0.6) is 5.75 Å². The molecule has 1 unspecified atom stereocenters. The van der Waals surface area contributed by atoms with Gasteiger partial charge in [-0.2, -0.15) is 0 Å². The van der Waals surface area contributed by atoms with Crippen LogP contribution in [0.15, 0.2) is 18.2 Å². The van der Waals surface area contributed by atoms with Crippen LogP contribution in [0.25, 0.3) is 0 Å². The fraction of sp³-hybridized carbons (Fsp3) is 0.500. The zero-order chi connectivity index (χ0) is 13.7. The number of nitrogens with two attached hydrogens (primary N) is 1. The topological polar surface area (TPSA) is 73.6 Å². The fourth-order valence-corrected chi connectivity index (χ4v) is 2.13. The van der Waals surface area contributed by atoms with Gasteiger partial charge in [-0.3, -0.25) is 4.79 Å². The molecule has 1 fully saturated rings. The van der Waals surface area contributed by atoms with E-state index in [9.17, 15) is 4.79 Å². The summed E-state index contributed by atoms with van der Waals surface area (Å²) in [6.07, 6.45) is 2.40. The van der Waals surface area contributed by atoms with Crippen molar-refractivity contribution in [1.82, 2.24) is 0 Å². The van der Waals surface area contributed by atoms with Gasteiger partial charge >= 0.3 is 0 Å². The van der Waals surface area contributed by atoms with E-state index in [0.717, 1.165) is 26.1 Å². The average molecular weight is 301 g/mol. The summed E-state index contributed by atoms with van der Waals surface area (Å²) in [5.74, 6) is 1.16. The second kappa shape index (κ2) is 7.97. The maximum absolute atomic E-state index is 11.9. The number of anilines is 2. The molecule has 2 rings (SSSR count). The molecule has 1 amide bonds. The molecule has 0 saturated carbocycles. The lowest BCUT2D eigenvalue weighted by molar-refractivity contribution is -0.116. The highest BCUT2D eigenvalue weighted by Gasteiger charge is 2.17. The van der Waals surface area contributed by atoms with Crippen LogP contribution in [0, 0.1) is 5.92 Å². The number of methoxy groups -OCH3 is 1. The van der Waals surface area contributed by atoms with Gasteiger partial charge in [-0.25, -0.2) is 0 Å². The summed E-state index contributed by atoms with van der Waals surface area (Å²) in [4.78, 5) is 11.9. The molecule has 20 heavy (non-hydrogen) atoms. The van der Waals surface area contributed by atoms with Gasteiger partial charge in [-0.15, -0.1) is 12.4 Å². The number of carbonyl (C=O) groups excluding carboxylic acids is 1. The number of carbonyl (C=O) groups is 1. The molecule has 5 nitrogen and oxygen atoms in total. The van der Waals surface area contributed by atoms with Gasteiger partial charge in [0.2, 0.25) is 5.91 Å². The van der Waals surface area contributed by atoms with Crippen LogP contribution < -0.4 is 15.8 Å². The van der Waals surface area contributed by atoms with Crippen molar-refractivity contribution in [2.45, 2.75) is 19.3 Å². The van der Waals surface area contributed by atoms with E-state index in [1.165, 1.54) is 0 Å². The Morgan fingerprint density at radius 3 is 3.00 bits per heavy atom. The van der Waals surface area contributed by atoms with Gasteiger partial charge in [0.25, 0.3) is 0 Å². The van der Waals surface area contributed by atoms with E-state index in [0.29, 0.717) is 29.5 Å². The van der Waals surface area contributed by atoms with Crippen molar-refractivity contribution in [2.75, 3.05) is 31.4 Å². The van der Waals surface area contributed by atoms with Gasteiger partial charge in [0.15, 0.2) is 0 Å². The van der Waals surface area contributed by atoms with Crippen LogP contribution in [0.4, 0.5) is 11.4 Å². The molecule has 1 aromatic rings. The molecule has 0 aliphatic carbocycles. The molecule has 1 aromatic carbocycles. The summed E-state index contributed by atoms with van der Waals surface area (Å²) >= 11 is 0. The molecule has 6 heteroatoms. The number of hydrogen-bond donors (Lipinski definition) is 2. The smallest absolute Gasteiger partial charge is 0.224 e. The van der Waals surface area contributed by atoms with Crippen LogP contribution in [0.2, 0.25) is 0 Å². The molecule has 1 heterocycles. The summed E-state index contributed by atoms with van der Waals surface area (Å²) in [6.45, 7) is 1.59. The number of hydrogen-bond acceptors (Lipinski definition) is 4. The molecule has 0 bridgehead atoms. The average Bonchev–Trinajstić information content (AvgIpc) is 2.92. The Labute approximate surface area is 125 Å². The maximum Gasteiger partial charge on any atom is 0.224 e. The summed E-state index contributed by atoms with van der Waals surface area (Å²) in [5.41, 5.74) is 6.96. The van der Waals surface area contributed by atoms with Crippen LogP contribution in [0.1, 0.15) is 19.3 Å². The summed E-state index contributed by atoms with van der Waals surface area (Å²) < 4.78 is 10.4. The molecule has 1 saturated heterocycles. The van der Waals surface area contributed by atoms with E-state index < -0.39 is 0 Å². The lowest BCUT2D eigenvalue weighted by Crippen LogP contribution is -2.14. The van der Waals surface area contributed by atoms with Crippen LogP contribution in [-0.2, 0) is 9.53 Å². The van der Waals surface area contributed by atoms with Gasteiger partial charge < -0.3 is 20.5 Å². The zero-order valence-corrected chi connectivity index (χ0v) is 12.4. The first kappa shape index (κ1) is 16.6. The van der Waals surface area contributed by atoms with Crippen LogP contribution in [0.3, 0.4) is 0 Å². The van der Waals surface area contributed by atoms with E-state index in [-0.39, 0.29) is 18.3 Å². The number of rotatable bonds is 5. The standard InChI is InChI=1S/C14H20N2O3.ClH/c1-18-11-3-4-12(15)13(8-11)16-14(17)5-2-10-6-7-19-9-10;/h3-4,8,10H,2,5-7,9,15H2,1H3,(H,16,17);1H. The first-order valence-corrected chi connectivity index (χ1v) is 6.50. The number of nitrogen functional groups attached to an aromatic ring is 1. The first-order valence-electron chi connectivity index (χ1n) is 6.50. The largest absolute Gasteiger partial charge is 0.497 e. The Bertz CT molecular complexity index is 448. The molecular weight excluding hydrogens is 280 g/mol. The fourth-order valence-electron chi connectivity index (χ4n) is 2.13. The predicted molar refractivity (Wildman–Crippen MR) is 81.4 cm³/mol. The highest BCUT2D eigenvalue weighted by molar-refractivity contribution is 5.94. The molecule has 1 atom stereocenters. The lowest BCUT2D eigenvalue weighted by Gasteiger charge is -2.11. The number of amides is 1. The first-order chi connectivity index (χ1) is 9.19. The molecule has 1 aliphatic heterocycles. The molecular formula is C14H21ClN2O3. The Morgan fingerprint density at radius 1 is 1.55 bits per heavy atom. The third kappa shape index (κ3) is 4.58. The minimum absolute atomic E-state index is 0. The maximum atomic E-state index is 11.9. The lowest BCUT2D eigenvalue weighted by atomic mass is 10.0. The highest BCUT2D eigenvalue weighted by Crippen LogP contribution is 2.25. The number of nitrogens with one attached hydrogen (secondary N) is 1. The Balaban J connectivity index is 0.00000200. The second-order valence-electron chi connectivity index (χ2n) is 4.77. The van der Waals surface area contributed by atoms with Crippen molar-refractivity contribution in [3.05, 3.63) is 18.2 Å². The monoisotopic (exact) mass is 300 g/mol. The van der Waals surface area contributed by atoms with Gasteiger partial charge in [0.1, 0.15) is 5.75 Å². The molecule has 112 valence electrons. The Hall–Kier alpha value is -1.46. The SMILES string of the molecule is COc1ccc(N)c(NC(=O)CCC2CCOC2)c1.Cl. The second-order valence-corrected chi connectivity index (χ2v) is 4.77. The Kier molecular flexibility index (Phi) is 6.61. The normalized spacial score (nSPS) is 17.4. The number of benzene rings is 1. The molecule has 0 radical (unpaired) electrons. The van der Waals surface area contributed by atoms with Gasteiger partial charge in [-0.05, 0) is 30.9 Å². The highest BCUT2D eigenvalue weighted by atomic mass is 35.5. The van der Waals surface area contributed by atoms with E-state index in [1.807, 2.05) is 0 Å². The molecule has 0 spiro atoms. The van der Waals surface area contributed by atoms with E-state index in [4.69, 9.17) is 15.2 Å². The van der Waals surface area contributed by atoms with Crippen molar-refractivity contribution in [1.29, 1.82) is 0 Å². The van der Waals surface area contributed by atoms with Crippen molar-refractivity contribution < 1.29 is 14.3 Å². The number of ether oxygens (including phenoxy) is 2. The summed E-state index contributed by atoms with van der Waals surface area (Å²) in [5, 5.41) is 2.82. The third-order valence-corrected chi connectivity index (χ3v) is 3.34. The molecule has 3 N–H and O–H groups in total. The van der Waals surface area contributed by atoms with E-state index in [1.54, 1.807) is 25.3 Å². The minimum atomic E-state index is -0.0214.